The molecule has 0 aliphatic carbocycles. The predicted octanol–water partition coefficient (Wildman–Crippen LogP) is 6.81. The van der Waals surface area contributed by atoms with Crippen molar-refractivity contribution in [1.82, 2.24) is 4.57 Å². The van der Waals surface area contributed by atoms with E-state index in [2.05, 4.69) is 150 Å². The molecule has 4 aliphatic heterocycles. The number of benzene rings is 5. The van der Waals surface area contributed by atoms with E-state index in [0.717, 1.165) is 0 Å². The van der Waals surface area contributed by atoms with E-state index in [9.17, 15) is 0 Å². The van der Waals surface area contributed by atoms with Gasteiger partial charge in [-0.1, -0.05) is 66.7 Å². The first-order chi connectivity index (χ1) is 19.9. The van der Waals surface area contributed by atoms with Crippen molar-refractivity contribution in [2.24, 2.45) is 0 Å². The lowest BCUT2D eigenvalue weighted by Crippen LogP contribution is -2.64. The average molecular weight is 528 g/mol. The minimum atomic E-state index is -0.286. The minimum absolute atomic E-state index is 0.176. The second-order valence-electron chi connectivity index (χ2n) is 12.9. The summed E-state index contributed by atoms with van der Waals surface area (Å²) in [5.74, 6) is 0. The lowest BCUT2D eigenvalue weighted by Gasteiger charge is -2.48. The smallest absolute Gasteiger partial charge is 0.252 e. The normalized spacial score (nSPS) is 18.0. The van der Waals surface area contributed by atoms with E-state index in [-0.39, 0.29) is 18.0 Å². The van der Waals surface area contributed by atoms with E-state index in [1.165, 1.54) is 72.3 Å². The minimum Gasteiger partial charge on any atom is -0.317 e. The quantitative estimate of drug-likeness (QED) is 0.218. The van der Waals surface area contributed by atoms with Crippen LogP contribution in [0.1, 0.15) is 27.7 Å². The number of hydrogen-bond acceptors (Lipinski definition) is 3. The van der Waals surface area contributed by atoms with Crippen LogP contribution in [-0.4, -0.2) is 16.9 Å². The van der Waals surface area contributed by atoms with E-state index < -0.39 is 0 Å². The fourth-order valence-corrected chi connectivity index (χ4v) is 8.91. The largest absolute Gasteiger partial charge is 0.317 e. The molecule has 10 rings (SSSR count). The van der Waals surface area contributed by atoms with Gasteiger partial charge in [-0.25, -0.2) is 0 Å². The van der Waals surface area contributed by atoms with E-state index in [4.69, 9.17) is 0 Å². The van der Waals surface area contributed by atoms with E-state index >= 15 is 0 Å². The van der Waals surface area contributed by atoms with Gasteiger partial charge in [-0.3, -0.25) is 0 Å². The third-order valence-electron chi connectivity index (χ3n) is 10.2. The van der Waals surface area contributed by atoms with Gasteiger partial charge in [-0.15, -0.1) is 0 Å². The van der Waals surface area contributed by atoms with Crippen molar-refractivity contribution in [3.05, 3.63) is 103 Å². The first kappa shape index (κ1) is 22.1. The molecule has 0 spiro atoms. The maximum atomic E-state index is 2.64. The summed E-state index contributed by atoms with van der Waals surface area (Å²) < 4.78 is 2.59. The number of rotatable bonds is 1. The van der Waals surface area contributed by atoms with Crippen LogP contribution < -0.4 is 31.1 Å². The Morgan fingerprint density at radius 2 is 1.17 bits per heavy atom. The number of para-hydroxylation sites is 3. The first-order valence-electron chi connectivity index (χ1n) is 14.7. The molecule has 0 N–H and O–H groups in total. The fourth-order valence-electron chi connectivity index (χ4n) is 8.91. The molecule has 0 saturated heterocycles. The molecule has 0 radical (unpaired) electrons. The zero-order valence-electron chi connectivity index (χ0n) is 23.7. The molecule has 5 heteroatoms. The Bertz CT molecular complexity index is 2140. The van der Waals surface area contributed by atoms with Crippen LogP contribution in [0.15, 0.2) is 103 Å². The average Bonchev–Trinajstić information content (AvgIpc) is 3.54. The summed E-state index contributed by atoms with van der Waals surface area (Å²) in [6.07, 6.45) is 0. The van der Waals surface area contributed by atoms with E-state index in [1.54, 1.807) is 0 Å². The van der Waals surface area contributed by atoms with Gasteiger partial charge in [-0.2, -0.15) is 0 Å². The Kier molecular flexibility index (Phi) is 3.67. The molecule has 5 aromatic carbocycles. The Hall–Kier alpha value is -4.64. The highest BCUT2D eigenvalue weighted by Gasteiger charge is 2.55. The molecule has 0 saturated carbocycles. The van der Waals surface area contributed by atoms with Gasteiger partial charge >= 0.3 is 0 Å². The van der Waals surface area contributed by atoms with Crippen molar-refractivity contribution in [2.75, 3.05) is 14.7 Å². The van der Waals surface area contributed by atoms with Gasteiger partial charge in [0.15, 0.2) is 0 Å². The molecule has 0 amide bonds. The maximum absolute atomic E-state index is 2.64. The first-order valence-corrected chi connectivity index (χ1v) is 14.7. The molecule has 4 nitrogen and oxygen atoms in total. The van der Waals surface area contributed by atoms with Crippen molar-refractivity contribution in [2.45, 2.75) is 39.0 Å². The molecule has 0 bridgehead atoms. The number of anilines is 6. The maximum Gasteiger partial charge on any atom is 0.252 e. The van der Waals surface area contributed by atoms with Gasteiger partial charge < -0.3 is 19.3 Å². The van der Waals surface area contributed by atoms with Gasteiger partial charge in [0.05, 0.1) is 28.1 Å². The summed E-state index contributed by atoms with van der Waals surface area (Å²) in [4.78, 5) is 7.78. The lowest BCUT2D eigenvalue weighted by molar-refractivity contribution is 0.406. The van der Waals surface area contributed by atoms with Crippen LogP contribution in [0.2, 0.25) is 0 Å². The Labute approximate surface area is 240 Å². The van der Waals surface area contributed by atoms with Crippen LogP contribution in [0.3, 0.4) is 0 Å². The van der Waals surface area contributed by atoms with Gasteiger partial charge in [0.1, 0.15) is 11.3 Å². The second-order valence-corrected chi connectivity index (χ2v) is 12.9. The number of nitrogens with zero attached hydrogens (tertiary/aromatic N) is 4. The van der Waals surface area contributed by atoms with Gasteiger partial charge in [-0.05, 0) is 80.5 Å². The molecule has 4 aliphatic rings. The highest BCUT2D eigenvalue weighted by Crippen LogP contribution is 2.56. The molecule has 0 atom stereocenters. The zero-order chi connectivity index (χ0) is 27.4. The lowest BCUT2D eigenvalue weighted by atomic mass is 9.33. The Balaban J connectivity index is 1.34. The third kappa shape index (κ3) is 2.28. The number of aromatic nitrogens is 1. The van der Waals surface area contributed by atoms with Crippen molar-refractivity contribution in [1.29, 1.82) is 0 Å². The molecule has 1 aromatic heterocycles. The van der Waals surface area contributed by atoms with Crippen LogP contribution in [0.4, 0.5) is 34.1 Å². The molecule has 196 valence electrons. The highest BCUT2D eigenvalue weighted by molar-refractivity contribution is 7.00. The zero-order valence-corrected chi connectivity index (χ0v) is 23.7. The monoisotopic (exact) mass is 528 g/mol. The topological polar surface area (TPSA) is 14.7 Å². The molecule has 5 heterocycles. The molecular weight excluding hydrogens is 499 g/mol. The number of fused-ring (bicyclic) bond motifs is 7. The fraction of sp³-hybridized carbons (Fsp3) is 0.167. The summed E-state index contributed by atoms with van der Waals surface area (Å²) in [6, 6.07) is 38.5. The predicted molar refractivity (Wildman–Crippen MR) is 173 cm³/mol. The molecule has 0 unspecified atom stereocenters. The SMILES string of the molecule is CC1(C)N(c2ccccc2)c2cccc3c2N1c1cccc2c1B3c1ccc3c4ccccc4n4c3c1N2C4(C)C. The second kappa shape index (κ2) is 6.80. The van der Waals surface area contributed by atoms with Crippen LogP contribution in [0, 0.1) is 0 Å². The van der Waals surface area contributed by atoms with Crippen LogP contribution >= 0.6 is 0 Å². The summed E-state index contributed by atoms with van der Waals surface area (Å²) in [7, 11) is 0. The van der Waals surface area contributed by atoms with Crippen LogP contribution in [0.5, 0.6) is 0 Å². The van der Waals surface area contributed by atoms with E-state index in [1.807, 2.05) is 0 Å². The van der Waals surface area contributed by atoms with Crippen molar-refractivity contribution >= 4 is 79.0 Å². The number of hydrogen-bond donors (Lipinski definition) is 0. The van der Waals surface area contributed by atoms with Crippen LogP contribution in [0.25, 0.3) is 21.8 Å². The van der Waals surface area contributed by atoms with Gasteiger partial charge in [0, 0.05) is 27.8 Å². The Morgan fingerprint density at radius 3 is 1.98 bits per heavy atom. The van der Waals surface area contributed by atoms with E-state index in [0.29, 0.717) is 0 Å². The molecular formula is C36H29BN4. The molecule has 41 heavy (non-hydrogen) atoms. The summed E-state index contributed by atoms with van der Waals surface area (Å²) in [6.45, 7) is 9.67. The van der Waals surface area contributed by atoms with Gasteiger partial charge in [0.25, 0.3) is 6.71 Å². The van der Waals surface area contributed by atoms with Gasteiger partial charge in [0.2, 0.25) is 0 Å². The molecule has 0 fully saturated rings. The van der Waals surface area contributed by atoms with Crippen molar-refractivity contribution in [3.63, 3.8) is 0 Å². The van der Waals surface area contributed by atoms with Crippen molar-refractivity contribution in [3.8, 4) is 0 Å². The van der Waals surface area contributed by atoms with Crippen LogP contribution in [-0.2, 0) is 5.66 Å². The standard InChI is InChI=1S/C36H29BN4/c1-35(2)38(22-12-6-5-7-13-22)30-19-10-15-25-33(30)40(35)28-17-11-18-29-31(28)37(25)26-21-20-24-23-14-8-9-16-27(23)39-32(24)34(26)41(29)36(39,3)4/h5-21H,1-4H3. The third-order valence-corrected chi connectivity index (χ3v) is 10.2. The van der Waals surface area contributed by atoms with Crippen molar-refractivity contribution < 1.29 is 0 Å². The summed E-state index contributed by atoms with van der Waals surface area (Å²) in [5.41, 5.74) is 14.2. The summed E-state index contributed by atoms with van der Waals surface area (Å²) >= 11 is 0. The molecule has 6 aromatic rings. The highest BCUT2D eigenvalue weighted by atomic mass is 15.5. The summed E-state index contributed by atoms with van der Waals surface area (Å²) in [5, 5.41) is 2.69. The Morgan fingerprint density at radius 1 is 0.512 bits per heavy atom.